The summed E-state index contributed by atoms with van der Waals surface area (Å²) in [6.07, 6.45) is -1.34. The lowest BCUT2D eigenvalue weighted by Gasteiger charge is -2.15. The number of nitrogens with zero attached hydrogens (tertiary/aromatic N) is 4. The van der Waals surface area contributed by atoms with E-state index in [-0.39, 0.29) is 12.4 Å². The third-order valence-electron chi connectivity index (χ3n) is 4.39. The highest BCUT2D eigenvalue weighted by Crippen LogP contribution is 2.38. The summed E-state index contributed by atoms with van der Waals surface area (Å²) in [6, 6.07) is 5.91. The molecule has 1 aromatic carbocycles. The molecule has 0 fully saturated rings. The number of imidazole rings is 1. The Morgan fingerprint density at radius 3 is 2.85 bits per heavy atom. The standard InChI is InChI=1S/C18H18F3N5O/c1-2-27-16-4-3-12(9-14(16)18(19,20)21)25-7-6-23-17(25)15-10-13-11-22-5-8-26(13)24-15/h3-4,6-7,9-10,22H,2,5,8,11H2,1H3. The zero-order valence-electron chi connectivity index (χ0n) is 14.6. The van der Waals surface area contributed by atoms with Gasteiger partial charge in [0.15, 0.2) is 5.82 Å². The number of hydrogen-bond acceptors (Lipinski definition) is 4. The van der Waals surface area contributed by atoms with Gasteiger partial charge in [0.1, 0.15) is 11.4 Å². The van der Waals surface area contributed by atoms with Crippen LogP contribution in [0.3, 0.4) is 0 Å². The largest absolute Gasteiger partial charge is 0.493 e. The van der Waals surface area contributed by atoms with Gasteiger partial charge in [0.25, 0.3) is 0 Å². The number of benzene rings is 1. The van der Waals surface area contributed by atoms with E-state index in [1.165, 1.54) is 6.07 Å². The highest BCUT2D eigenvalue weighted by Gasteiger charge is 2.35. The number of nitrogens with one attached hydrogen (secondary N) is 1. The number of rotatable bonds is 4. The fraction of sp³-hybridized carbons (Fsp3) is 0.333. The normalized spacial score (nSPS) is 14.2. The molecule has 2 aromatic heterocycles. The highest BCUT2D eigenvalue weighted by molar-refractivity contribution is 5.56. The molecule has 1 aliphatic rings. The van der Waals surface area contributed by atoms with Gasteiger partial charge >= 0.3 is 6.18 Å². The maximum atomic E-state index is 13.4. The summed E-state index contributed by atoms with van der Waals surface area (Å²) in [5.74, 6) is 0.313. The fourth-order valence-corrected chi connectivity index (χ4v) is 3.17. The van der Waals surface area contributed by atoms with Crippen LogP contribution < -0.4 is 10.1 Å². The molecule has 3 heterocycles. The Bertz CT molecular complexity index is 937. The number of aromatic nitrogens is 4. The monoisotopic (exact) mass is 377 g/mol. The first-order valence-electron chi connectivity index (χ1n) is 8.63. The Morgan fingerprint density at radius 2 is 2.11 bits per heavy atom. The first-order chi connectivity index (χ1) is 13.0. The van der Waals surface area contributed by atoms with Gasteiger partial charge in [-0.2, -0.15) is 18.3 Å². The van der Waals surface area contributed by atoms with Crippen molar-refractivity contribution in [1.29, 1.82) is 0 Å². The van der Waals surface area contributed by atoms with Crippen molar-refractivity contribution >= 4 is 0 Å². The molecule has 142 valence electrons. The Kier molecular flexibility index (Phi) is 4.39. The third kappa shape index (κ3) is 3.30. The van der Waals surface area contributed by atoms with E-state index in [1.54, 1.807) is 30.0 Å². The van der Waals surface area contributed by atoms with Crippen LogP contribution in [0, 0.1) is 0 Å². The summed E-state index contributed by atoms with van der Waals surface area (Å²) in [6.45, 7) is 4.09. The first-order valence-corrected chi connectivity index (χ1v) is 8.63. The highest BCUT2D eigenvalue weighted by atomic mass is 19.4. The molecule has 4 rings (SSSR count). The number of alkyl halides is 3. The number of ether oxygens (including phenoxy) is 1. The van der Waals surface area contributed by atoms with Crippen molar-refractivity contribution in [2.45, 2.75) is 26.2 Å². The molecule has 0 saturated carbocycles. The van der Waals surface area contributed by atoms with E-state index in [0.717, 1.165) is 24.8 Å². The van der Waals surface area contributed by atoms with E-state index < -0.39 is 11.7 Å². The van der Waals surface area contributed by atoms with E-state index in [2.05, 4.69) is 15.4 Å². The molecule has 1 N–H and O–H groups in total. The van der Waals surface area contributed by atoms with Crippen molar-refractivity contribution in [3.8, 4) is 23.0 Å². The summed E-state index contributed by atoms with van der Waals surface area (Å²) >= 11 is 0. The third-order valence-corrected chi connectivity index (χ3v) is 4.39. The molecule has 9 heteroatoms. The maximum absolute atomic E-state index is 13.4. The van der Waals surface area contributed by atoms with Crippen LogP contribution in [-0.4, -0.2) is 32.5 Å². The Morgan fingerprint density at radius 1 is 1.26 bits per heavy atom. The van der Waals surface area contributed by atoms with Gasteiger partial charge < -0.3 is 10.1 Å². The lowest BCUT2D eigenvalue weighted by molar-refractivity contribution is -0.138. The molecule has 0 saturated heterocycles. The molecular formula is C18H18F3N5O. The molecule has 27 heavy (non-hydrogen) atoms. The predicted molar refractivity (Wildman–Crippen MR) is 92.7 cm³/mol. The topological polar surface area (TPSA) is 56.9 Å². The molecule has 0 radical (unpaired) electrons. The molecule has 0 spiro atoms. The second-order valence-corrected chi connectivity index (χ2v) is 6.15. The maximum Gasteiger partial charge on any atom is 0.420 e. The Balaban J connectivity index is 1.77. The Hall–Kier alpha value is -2.81. The van der Waals surface area contributed by atoms with Crippen LogP contribution in [0.2, 0.25) is 0 Å². The molecule has 1 aliphatic heterocycles. The molecule has 0 amide bonds. The second kappa shape index (κ2) is 6.73. The van der Waals surface area contributed by atoms with Gasteiger partial charge in [-0.25, -0.2) is 4.98 Å². The summed E-state index contributed by atoms with van der Waals surface area (Å²) in [4.78, 5) is 4.31. The van der Waals surface area contributed by atoms with E-state index in [4.69, 9.17) is 4.74 Å². The van der Waals surface area contributed by atoms with Crippen molar-refractivity contribution in [3.63, 3.8) is 0 Å². The number of hydrogen-bond donors (Lipinski definition) is 1. The van der Waals surface area contributed by atoms with Crippen LogP contribution in [0.5, 0.6) is 5.75 Å². The van der Waals surface area contributed by atoms with Gasteiger partial charge in [-0.15, -0.1) is 0 Å². The number of fused-ring (bicyclic) bond motifs is 1. The fourth-order valence-electron chi connectivity index (χ4n) is 3.17. The van der Waals surface area contributed by atoms with Gasteiger partial charge in [0.05, 0.1) is 24.4 Å². The van der Waals surface area contributed by atoms with E-state index in [9.17, 15) is 13.2 Å². The van der Waals surface area contributed by atoms with Crippen molar-refractivity contribution < 1.29 is 17.9 Å². The zero-order valence-corrected chi connectivity index (χ0v) is 14.6. The van der Waals surface area contributed by atoms with E-state index >= 15 is 0 Å². The van der Waals surface area contributed by atoms with Gasteiger partial charge in [-0.1, -0.05) is 0 Å². The molecule has 3 aromatic rings. The molecular weight excluding hydrogens is 359 g/mol. The van der Waals surface area contributed by atoms with Crippen molar-refractivity contribution in [3.05, 3.63) is 47.9 Å². The van der Waals surface area contributed by atoms with Crippen LogP contribution in [0.15, 0.2) is 36.7 Å². The van der Waals surface area contributed by atoms with Crippen LogP contribution in [0.1, 0.15) is 18.2 Å². The lowest BCUT2D eigenvalue weighted by atomic mass is 10.1. The van der Waals surface area contributed by atoms with Crippen molar-refractivity contribution in [1.82, 2.24) is 24.6 Å². The first kappa shape index (κ1) is 17.6. The second-order valence-electron chi connectivity index (χ2n) is 6.15. The van der Waals surface area contributed by atoms with Crippen LogP contribution in [0.4, 0.5) is 13.2 Å². The average Bonchev–Trinajstić information content (AvgIpc) is 3.28. The minimum Gasteiger partial charge on any atom is -0.493 e. The molecule has 0 aliphatic carbocycles. The van der Waals surface area contributed by atoms with Crippen molar-refractivity contribution in [2.24, 2.45) is 0 Å². The minimum atomic E-state index is -4.51. The molecule has 0 atom stereocenters. The summed E-state index contributed by atoms with van der Waals surface area (Å²) < 4.78 is 49.0. The summed E-state index contributed by atoms with van der Waals surface area (Å²) in [7, 11) is 0. The zero-order chi connectivity index (χ0) is 19.0. The predicted octanol–water partition coefficient (Wildman–Crippen LogP) is 3.26. The van der Waals surface area contributed by atoms with Crippen molar-refractivity contribution in [2.75, 3.05) is 13.2 Å². The number of halogens is 3. The average molecular weight is 377 g/mol. The SMILES string of the molecule is CCOc1ccc(-n2ccnc2-c2cc3n(n2)CCNC3)cc1C(F)(F)F. The minimum absolute atomic E-state index is 0.160. The van der Waals surface area contributed by atoms with Gasteiger partial charge in [0, 0.05) is 31.2 Å². The lowest BCUT2D eigenvalue weighted by Crippen LogP contribution is -2.28. The van der Waals surface area contributed by atoms with Gasteiger partial charge in [-0.3, -0.25) is 9.25 Å². The molecule has 0 unspecified atom stereocenters. The van der Waals surface area contributed by atoms with Crippen LogP contribution in [-0.2, 0) is 19.3 Å². The smallest absolute Gasteiger partial charge is 0.420 e. The summed E-state index contributed by atoms with van der Waals surface area (Å²) in [5, 5.41) is 7.81. The molecule has 0 bridgehead atoms. The van der Waals surface area contributed by atoms with E-state index in [1.807, 2.05) is 10.7 Å². The van der Waals surface area contributed by atoms with Crippen LogP contribution >= 0.6 is 0 Å². The van der Waals surface area contributed by atoms with Gasteiger partial charge in [-0.05, 0) is 31.2 Å². The molecule has 6 nitrogen and oxygen atoms in total. The quantitative estimate of drug-likeness (QED) is 0.758. The van der Waals surface area contributed by atoms with E-state index in [0.29, 0.717) is 23.8 Å². The van der Waals surface area contributed by atoms with Crippen LogP contribution in [0.25, 0.3) is 17.2 Å². The van der Waals surface area contributed by atoms with Gasteiger partial charge in [0.2, 0.25) is 0 Å². The Labute approximate surface area is 153 Å². The summed E-state index contributed by atoms with van der Waals surface area (Å²) in [5.41, 5.74) is 1.19.